The zero-order chi connectivity index (χ0) is 22.7. The van der Waals surface area contributed by atoms with Gasteiger partial charge in [-0.15, -0.1) is 0 Å². The van der Waals surface area contributed by atoms with Crippen molar-refractivity contribution in [2.24, 2.45) is 0 Å². The average molecular weight is 435 g/mol. The van der Waals surface area contributed by atoms with Crippen LogP contribution in [-0.4, -0.2) is 48.1 Å². The summed E-state index contributed by atoms with van der Waals surface area (Å²) >= 11 is 0. The molecule has 1 saturated heterocycles. The second-order valence-corrected chi connectivity index (χ2v) is 8.65. The van der Waals surface area contributed by atoms with Gasteiger partial charge in [0.15, 0.2) is 0 Å². The number of amides is 1. The summed E-state index contributed by atoms with van der Waals surface area (Å²) in [6.45, 7) is 5.24. The monoisotopic (exact) mass is 434 g/mol. The van der Waals surface area contributed by atoms with Gasteiger partial charge in [0.1, 0.15) is 17.3 Å². The molecule has 0 aliphatic carbocycles. The largest absolute Gasteiger partial charge is 0.457 e. The number of likely N-dealkylation sites (tertiary alicyclic amines) is 1. The van der Waals surface area contributed by atoms with Gasteiger partial charge in [-0.1, -0.05) is 5.16 Å². The molecule has 0 spiro atoms. The predicted octanol–water partition coefficient (Wildman–Crippen LogP) is 4.49. The highest BCUT2D eigenvalue weighted by Crippen LogP contribution is 2.31. The second-order valence-electron chi connectivity index (χ2n) is 8.65. The van der Waals surface area contributed by atoms with E-state index in [1.165, 1.54) is 0 Å². The van der Waals surface area contributed by atoms with Gasteiger partial charge in [0, 0.05) is 68.4 Å². The number of anilines is 1. The van der Waals surface area contributed by atoms with Gasteiger partial charge in [0.05, 0.1) is 12.1 Å². The van der Waals surface area contributed by atoms with Gasteiger partial charge < -0.3 is 19.1 Å². The van der Waals surface area contributed by atoms with E-state index < -0.39 is 0 Å². The van der Waals surface area contributed by atoms with Crippen molar-refractivity contribution in [2.75, 3.05) is 32.1 Å². The number of benzene rings is 1. The van der Waals surface area contributed by atoms with E-state index in [-0.39, 0.29) is 18.2 Å². The number of aryl methyl sites for hydroxylation is 2. The summed E-state index contributed by atoms with van der Waals surface area (Å²) in [5.74, 6) is 2.42. The molecule has 168 valence electrons. The Hall–Kier alpha value is -3.35. The van der Waals surface area contributed by atoms with Crippen molar-refractivity contribution >= 4 is 11.6 Å². The van der Waals surface area contributed by atoms with Crippen molar-refractivity contribution in [3.63, 3.8) is 0 Å². The van der Waals surface area contributed by atoms with Crippen molar-refractivity contribution in [3.05, 3.63) is 65.3 Å². The summed E-state index contributed by atoms with van der Waals surface area (Å²) < 4.78 is 11.3. The Morgan fingerprint density at radius 3 is 2.59 bits per heavy atom. The molecule has 1 aliphatic heterocycles. The number of hydrogen-bond donors (Lipinski definition) is 0. The van der Waals surface area contributed by atoms with Crippen molar-refractivity contribution in [2.45, 2.75) is 39.0 Å². The molecule has 7 heteroatoms. The van der Waals surface area contributed by atoms with Gasteiger partial charge in [0.25, 0.3) is 0 Å². The molecule has 1 fully saturated rings. The van der Waals surface area contributed by atoms with Gasteiger partial charge in [-0.3, -0.25) is 9.78 Å². The Bertz CT molecular complexity index is 1080. The maximum atomic E-state index is 12.8. The minimum atomic E-state index is 0.0657. The molecule has 4 rings (SSSR count). The normalized spacial score (nSPS) is 16.1. The summed E-state index contributed by atoms with van der Waals surface area (Å²) in [5, 5.41) is 3.87. The number of carbonyl (C=O) groups excluding carboxylic acids is 1. The molecule has 1 aromatic carbocycles. The van der Waals surface area contributed by atoms with E-state index in [9.17, 15) is 4.79 Å². The van der Waals surface area contributed by atoms with Crippen molar-refractivity contribution in [1.29, 1.82) is 0 Å². The molecule has 0 radical (unpaired) electrons. The third-order valence-corrected chi connectivity index (χ3v) is 5.73. The van der Waals surface area contributed by atoms with Crippen LogP contribution in [0.25, 0.3) is 0 Å². The van der Waals surface area contributed by atoms with Crippen LogP contribution in [-0.2, 0) is 11.2 Å². The van der Waals surface area contributed by atoms with Crippen LogP contribution in [0.4, 0.5) is 5.69 Å². The standard InChI is InChI=1S/C25H30N4O3/c1-17-12-22(31-21-9-7-20(8-10-21)28(3)4)14-24(26-17)19-6-5-11-29(16-19)25(30)15-23-13-18(2)27-32-23/h7-10,12-14,19H,5-6,11,15-16H2,1-4H3/t19-/m0/s1. The zero-order valence-corrected chi connectivity index (χ0v) is 19.2. The Kier molecular flexibility index (Phi) is 6.44. The molecular weight excluding hydrogens is 404 g/mol. The van der Waals surface area contributed by atoms with Gasteiger partial charge in [-0.05, 0) is 51.0 Å². The van der Waals surface area contributed by atoms with Crippen LogP contribution in [0.2, 0.25) is 0 Å². The number of rotatable bonds is 6. The van der Waals surface area contributed by atoms with Crippen LogP contribution in [0, 0.1) is 13.8 Å². The molecule has 0 N–H and O–H groups in total. The van der Waals surface area contributed by atoms with Crippen molar-refractivity contribution in [1.82, 2.24) is 15.0 Å². The molecular formula is C25H30N4O3. The molecule has 1 atom stereocenters. The summed E-state index contributed by atoms with van der Waals surface area (Å²) in [5.41, 5.74) is 3.79. The minimum absolute atomic E-state index is 0.0657. The Morgan fingerprint density at radius 1 is 1.12 bits per heavy atom. The van der Waals surface area contributed by atoms with E-state index in [1.807, 2.05) is 75.3 Å². The first-order valence-electron chi connectivity index (χ1n) is 11.0. The summed E-state index contributed by atoms with van der Waals surface area (Å²) in [6, 6.07) is 13.8. The maximum absolute atomic E-state index is 12.8. The zero-order valence-electron chi connectivity index (χ0n) is 19.2. The average Bonchev–Trinajstić information content (AvgIpc) is 3.18. The lowest BCUT2D eigenvalue weighted by atomic mass is 9.93. The first kappa shape index (κ1) is 21.9. The van der Waals surface area contributed by atoms with Crippen LogP contribution in [0.3, 0.4) is 0 Å². The first-order chi connectivity index (χ1) is 15.4. The van der Waals surface area contributed by atoms with Crippen LogP contribution < -0.4 is 9.64 Å². The SMILES string of the molecule is Cc1cc(CC(=O)N2CCC[C@H](c3cc(Oc4ccc(N(C)C)cc4)cc(C)n3)C2)on1. The predicted molar refractivity (Wildman–Crippen MR) is 123 cm³/mol. The van der Waals surface area contributed by atoms with Crippen LogP contribution in [0.1, 0.15) is 41.6 Å². The lowest BCUT2D eigenvalue weighted by Crippen LogP contribution is -2.40. The fourth-order valence-corrected chi connectivity index (χ4v) is 4.08. The first-order valence-corrected chi connectivity index (χ1v) is 11.0. The molecule has 1 amide bonds. The summed E-state index contributed by atoms with van der Waals surface area (Å²) in [4.78, 5) is 21.5. The molecule has 2 aromatic heterocycles. The highest BCUT2D eigenvalue weighted by molar-refractivity contribution is 5.78. The number of nitrogens with zero attached hydrogens (tertiary/aromatic N) is 4. The topological polar surface area (TPSA) is 71.7 Å². The number of aromatic nitrogens is 2. The molecule has 7 nitrogen and oxygen atoms in total. The number of ether oxygens (including phenoxy) is 1. The van der Waals surface area contributed by atoms with E-state index in [2.05, 4.69) is 10.1 Å². The Morgan fingerprint density at radius 2 is 1.91 bits per heavy atom. The molecule has 0 unspecified atom stereocenters. The minimum Gasteiger partial charge on any atom is -0.457 e. The Labute approximate surface area is 189 Å². The van der Waals surface area contributed by atoms with Crippen molar-refractivity contribution in [3.8, 4) is 11.5 Å². The number of pyridine rings is 1. The van der Waals surface area contributed by atoms with Gasteiger partial charge >= 0.3 is 0 Å². The third kappa shape index (κ3) is 5.28. The molecule has 32 heavy (non-hydrogen) atoms. The van der Waals surface area contributed by atoms with E-state index >= 15 is 0 Å². The smallest absolute Gasteiger partial charge is 0.230 e. The quantitative estimate of drug-likeness (QED) is 0.569. The highest BCUT2D eigenvalue weighted by Gasteiger charge is 2.27. The second kappa shape index (κ2) is 9.42. The molecule has 1 aliphatic rings. The maximum Gasteiger partial charge on any atom is 0.230 e. The van der Waals surface area contributed by atoms with Gasteiger partial charge in [0.2, 0.25) is 5.91 Å². The van der Waals surface area contributed by atoms with Crippen LogP contribution in [0.15, 0.2) is 47.0 Å². The van der Waals surface area contributed by atoms with E-state index in [1.54, 1.807) is 0 Å². The number of carbonyl (C=O) groups is 1. The van der Waals surface area contributed by atoms with Gasteiger partial charge in [-0.25, -0.2) is 0 Å². The lowest BCUT2D eigenvalue weighted by molar-refractivity contribution is -0.132. The highest BCUT2D eigenvalue weighted by atomic mass is 16.5. The number of piperidine rings is 1. The Balaban J connectivity index is 1.45. The number of hydrogen-bond acceptors (Lipinski definition) is 6. The fourth-order valence-electron chi connectivity index (χ4n) is 4.08. The van der Waals surface area contributed by atoms with Crippen LogP contribution >= 0.6 is 0 Å². The molecule has 3 aromatic rings. The summed E-state index contributed by atoms with van der Waals surface area (Å²) in [7, 11) is 4.03. The van der Waals surface area contributed by atoms with E-state index in [0.29, 0.717) is 12.3 Å². The van der Waals surface area contributed by atoms with Gasteiger partial charge in [-0.2, -0.15) is 0 Å². The molecule has 3 heterocycles. The van der Waals surface area contributed by atoms with E-state index in [4.69, 9.17) is 14.2 Å². The van der Waals surface area contributed by atoms with Crippen molar-refractivity contribution < 1.29 is 14.1 Å². The molecule has 0 bridgehead atoms. The van der Waals surface area contributed by atoms with E-state index in [0.717, 1.165) is 53.7 Å². The van der Waals surface area contributed by atoms with Crippen LogP contribution in [0.5, 0.6) is 11.5 Å². The third-order valence-electron chi connectivity index (χ3n) is 5.73. The lowest BCUT2D eigenvalue weighted by Gasteiger charge is -2.32. The summed E-state index contributed by atoms with van der Waals surface area (Å²) in [6.07, 6.45) is 2.19. The fraction of sp³-hybridized carbons (Fsp3) is 0.400. The molecule has 0 saturated carbocycles.